The van der Waals surface area contributed by atoms with Gasteiger partial charge >= 0.3 is 0 Å². The Balaban J connectivity index is 0.000000213. The van der Waals surface area contributed by atoms with Crippen molar-refractivity contribution in [2.75, 3.05) is 11.7 Å². The normalized spacial score (nSPS) is 13.4. The van der Waals surface area contributed by atoms with Crippen molar-refractivity contribution in [3.05, 3.63) is 12.7 Å². The number of nitrogens with one attached hydrogen (secondary N) is 1. The molecule has 0 radical (unpaired) electrons. The molecule has 2 heterocycles. The molecule has 14 heavy (non-hydrogen) atoms. The van der Waals surface area contributed by atoms with Gasteiger partial charge in [-0.2, -0.15) is 9.89 Å². The van der Waals surface area contributed by atoms with Crippen LogP contribution >= 0.6 is 0 Å². The molecule has 0 atom stereocenters. The molecule has 2 rings (SSSR count). The molecule has 0 saturated heterocycles. The van der Waals surface area contributed by atoms with Gasteiger partial charge in [0, 0.05) is 0 Å². The first-order chi connectivity index (χ1) is 6.88. The second kappa shape index (κ2) is 5.95. The van der Waals surface area contributed by atoms with Gasteiger partial charge in [-0.25, -0.2) is 9.99 Å². The molecular formula is C8H16N6. The lowest BCUT2D eigenvalue weighted by Gasteiger charge is -2.10. The SMILES string of the molecule is C1=NNCN1n1cncn1.CCCC. The van der Waals surface area contributed by atoms with Crippen LogP contribution in [0.5, 0.6) is 0 Å². The van der Waals surface area contributed by atoms with Crippen molar-refractivity contribution < 1.29 is 0 Å². The van der Waals surface area contributed by atoms with Crippen LogP contribution in [0.3, 0.4) is 0 Å². The summed E-state index contributed by atoms with van der Waals surface area (Å²) in [6, 6.07) is 0. The van der Waals surface area contributed by atoms with Crippen molar-refractivity contribution in [1.82, 2.24) is 20.3 Å². The van der Waals surface area contributed by atoms with Gasteiger partial charge in [0.15, 0.2) is 0 Å². The van der Waals surface area contributed by atoms with Crippen LogP contribution in [0.25, 0.3) is 0 Å². The highest BCUT2D eigenvalue weighted by atomic mass is 15.7. The van der Waals surface area contributed by atoms with E-state index in [0.717, 1.165) is 0 Å². The van der Waals surface area contributed by atoms with E-state index < -0.39 is 0 Å². The van der Waals surface area contributed by atoms with Crippen LogP contribution in [0.1, 0.15) is 26.7 Å². The fraction of sp³-hybridized carbons (Fsp3) is 0.625. The molecule has 0 amide bonds. The van der Waals surface area contributed by atoms with Crippen molar-refractivity contribution in [3.8, 4) is 0 Å². The Kier molecular flexibility index (Phi) is 4.46. The molecule has 1 N–H and O–H groups in total. The van der Waals surface area contributed by atoms with E-state index in [1.165, 1.54) is 19.2 Å². The van der Waals surface area contributed by atoms with E-state index >= 15 is 0 Å². The lowest BCUT2D eigenvalue weighted by molar-refractivity contribution is 0.621. The lowest BCUT2D eigenvalue weighted by atomic mass is 10.4. The van der Waals surface area contributed by atoms with E-state index in [0.29, 0.717) is 6.67 Å². The van der Waals surface area contributed by atoms with Crippen molar-refractivity contribution in [2.24, 2.45) is 5.10 Å². The van der Waals surface area contributed by atoms with E-state index in [-0.39, 0.29) is 0 Å². The highest BCUT2D eigenvalue weighted by molar-refractivity contribution is 5.67. The van der Waals surface area contributed by atoms with Crippen LogP contribution < -0.4 is 10.4 Å². The molecule has 0 spiro atoms. The Hall–Kier alpha value is -1.59. The third kappa shape index (κ3) is 3.04. The largest absolute Gasteiger partial charge is 0.287 e. The number of hydrogen-bond acceptors (Lipinski definition) is 5. The fourth-order valence-electron chi connectivity index (χ4n) is 0.722. The molecule has 0 aromatic carbocycles. The molecule has 0 unspecified atom stereocenters. The molecular weight excluding hydrogens is 180 g/mol. The molecule has 1 aromatic rings. The minimum Gasteiger partial charge on any atom is -0.287 e. The summed E-state index contributed by atoms with van der Waals surface area (Å²) in [6.45, 7) is 5.00. The predicted octanol–water partition coefficient (Wildman–Crippen LogP) is 0.526. The average Bonchev–Trinajstić information content (AvgIpc) is 2.89. The Morgan fingerprint density at radius 1 is 1.36 bits per heavy atom. The van der Waals surface area contributed by atoms with Crippen LogP contribution in [0, 0.1) is 0 Å². The van der Waals surface area contributed by atoms with E-state index in [4.69, 9.17) is 0 Å². The molecule has 0 bridgehead atoms. The summed E-state index contributed by atoms with van der Waals surface area (Å²) in [5, 5.41) is 9.47. The second-order valence-corrected chi connectivity index (χ2v) is 2.82. The number of hydrogen-bond donors (Lipinski definition) is 1. The topological polar surface area (TPSA) is 58.3 Å². The maximum Gasteiger partial charge on any atom is 0.139 e. The zero-order valence-electron chi connectivity index (χ0n) is 8.59. The first kappa shape index (κ1) is 10.5. The molecule has 78 valence electrons. The van der Waals surface area contributed by atoms with E-state index in [9.17, 15) is 0 Å². The Bertz CT molecular complexity index is 253. The fourth-order valence-corrected chi connectivity index (χ4v) is 0.722. The van der Waals surface area contributed by atoms with Gasteiger partial charge in [-0.05, 0) is 0 Å². The van der Waals surface area contributed by atoms with Gasteiger partial charge in [0.25, 0.3) is 0 Å². The standard InChI is InChI=1S/C4H6N6.C4H10/c1-5-2-10(8-1)9-3-6-7-4-9;1-3-4-2/h1-3,7H,4H2;3-4H2,1-2H3. The molecule has 0 saturated carbocycles. The molecule has 1 aromatic heterocycles. The van der Waals surface area contributed by atoms with Crippen molar-refractivity contribution in [1.29, 1.82) is 0 Å². The Morgan fingerprint density at radius 2 is 2.14 bits per heavy atom. The first-order valence-electron chi connectivity index (χ1n) is 4.76. The quantitative estimate of drug-likeness (QED) is 0.749. The smallest absolute Gasteiger partial charge is 0.139 e. The summed E-state index contributed by atoms with van der Waals surface area (Å²) in [5.41, 5.74) is 2.77. The lowest BCUT2D eigenvalue weighted by Crippen LogP contribution is -2.33. The zero-order valence-corrected chi connectivity index (χ0v) is 8.59. The van der Waals surface area contributed by atoms with Gasteiger partial charge < -0.3 is 0 Å². The summed E-state index contributed by atoms with van der Waals surface area (Å²) in [5.74, 6) is 0. The van der Waals surface area contributed by atoms with Crippen LogP contribution in [-0.2, 0) is 0 Å². The van der Waals surface area contributed by atoms with Crippen LogP contribution in [-0.4, -0.2) is 27.9 Å². The van der Waals surface area contributed by atoms with Crippen molar-refractivity contribution in [2.45, 2.75) is 26.7 Å². The Morgan fingerprint density at radius 3 is 2.57 bits per heavy atom. The van der Waals surface area contributed by atoms with Gasteiger partial charge in [-0.15, -0.1) is 5.10 Å². The van der Waals surface area contributed by atoms with Gasteiger partial charge in [-0.1, -0.05) is 26.7 Å². The number of nitrogens with zero attached hydrogens (tertiary/aromatic N) is 5. The summed E-state index contributed by atoms with van der Waals surface area (Å²) >= 11 is 0. The zero-order chi connectivity index (χ0) is 10.2. The predicted molar refractivity (Wildman–Crippen MR) is 55.3 cm³/mol. The average molecular weight is 196 g/mol. The molecule has 1 aliphatic rings. The molecule has 6 heteroatoms. The number of rotatable bonds is 2. The van der Waals surface area contributed by atoms with Crippen LogP contribution in [0.2, 0.25) is 0 Å². The van der Waals surface area contributed by atoms with Crippen molar-refractivity contribution >= 4 is 6.34 Å². The minimum absolute atomic E-state index is 0.642. The molecule has 0 fully saturated rings. The van der Waals surface area contributed by atoms with Gasteiger partial charge in [0.2, 0.25) is 0 Å². The Labute approximate surface area is 83.6 Å². The number of aromatic nitrogens is 3. The molecule has 1 aliphatic heterocycles. The molecule has 0 aliphatic carbocycles. The number of unbranched alkanes of at least 4 members (excludes halogenated alkanes) is 1. The van der Waals surface area contributed by atoms with E-state index in [1.807, 2.05) is 0 Å². The van der Waals surface area contributed by atoms with Gasteiger partial charge in [0.05, 0.1) is 0 Å². The third-order valence-electron chi connectivity index (χ3n) is 1.68. The van der Waals surface area contributed by atoms with Crippen LogP contribution in [0.15, 0.2) is 17.8 Å². The molecule has 6 nitrogen and oxygen atoms in total. The summed E-state index contributed by atoms with van der Waals surface area (Å²) in [6.07, 6.45) is 7.37. The maximum atomic E-state index is 3.90. The number of hydrazone groups is 1. The highest BCUT2D eigenvalue weighted by Crippen LogP contribution is 1.85. The minimum atomic E-state index is 0.642. The van der Waals surface area contributed by atoms with E-state index in [2.05, 4.69) is 34.5 Å². The van der Waals surface area contributed by atoms with Crippen LogP contribution in [0.4, 0.5) is 0 Å². The first-order valence-corrected chi connectivity index (χ1v) is 4.76. The summed E-state index contributed by atoms with van der Waals surface area (Å²) in [4.78, 5) is 5.39. The summed E-state index contributed by atoms with van der Waals surface area (Å²) < 4.78 is 0. The summed E-state index contributed by atoms with van der Waals surface area (Å²) in [7, 11) is 0. The van der Waals surface area contributed by atoms with Gasteiger partial charge in [0.1, 0.15) is 25.7 Å². The van der Waals surface area contributed by atoms with Crippen molar-refractivity contribution in [3.63, 3.8) is 0 Å². The maximum absolute atomic E-state index is 3.90. The monoisotopic (exact) mass is 196 g/mol. The second-order valence-electron chi connectivity index (χ2n) is 2.82. The van der Waals surface area contributed by atoms with Gasteiger partial charge in [-0.3, -0.25) is 5.43 Å². The van der Waals surface area contributed by atoms with E-state index in [1.54, 1.807) is 22.5 Å². The highest BCUT2D eigenvalue weighted by Gasteiger charge is 2.05. The third-order valence-corrected chi connectivity index (χ3v) is 1.68.